The molecule has 1 N–H and O–H groups in total. The van der Waals surface area contributed by atoms with Gasteiger partial charge in [-0.2, -0.15) is 0 Å². The summed E-state index contributed by atoms with van der Waals surface area (Å²) in [5, 5.41) is 9.55. The van der Waals surface area contributed by atoms with Gasteiger partial charge in [-0.05, 0) is 49.4 Å². The van der Waals surface area contributed by atoms with Gasteiger partial charge in [0, 0.05) is 4.47 Å². The number of hydrogen-bond donors (Lipinski definition) is 1. The first-order chi connectivity index (χ1) is 7.97. The number of halogens is 1. The second kappa shape index (κ2) is 4.45. The molecule has 0 spiro atoms. The quantitative estimate of drug-likeness (QED) is 0.897. The molecule has 0 radical (unpaired) electrons. The lowest BCUT2D eigenvalue weighted by molar-refractivity contribution is -0.143. The van der Waals surface area contributed by atoms with Crippen LogP contribution in [0.2, 0.25) is 0 Å². The number of benzene rings is 1. The molecule has 0 atom stereocenters. The highest BCUT2D eigenvalue weighted by atomic mass is 79.9. The average molecular weight is 297 g/mol. The third-order valence-electron chi connectivity index (χ3n) is 4.02. The molecule has 2 rings (SSSR count). The highest BCUT2D eigenvalue weighted by Gasteiger charge is 2.43. The van der Waals surface area contributed by atoms with Gasteiger partial charge in [-0.25, -0.2) is 0 Å². The highest BCUT2D eigenvalue weighted by molar-refractivity contribution is 9.10. The van der Waals surface area contributed by atoms with Crippen LogP contribution in [0.1, 0.15) is 42.4 Å². The predicted octanol–water partition coefficient (Wildman–Crippen LogP) is 3.96. The lowest BCUT2D eigenvalue weighted by atomic mass is 9.78. The van der Waals surface area contributed by atoms with E-state index in [1.54, 1.807) is 0 Å². The van der Waals surface area contributed by atoms with Crippen molar-refractivity contribution in [2.45, 2.75) is 44.9 Å². The van der Waals surface area contributed by atoms with Gasteiger partial charge < -0.3 is 5.11 Å². The van der Waals surface area contributed by atoms with Gasteiger partial charge in [-0.3, -0.25) is 4.79 Å². The van der Waals surface area contributed by atoms with Crippen LogP contribution in [0.25, 0.3) is 0 Å². The Hall–Kier alpha value is -0.830. The molecule has 1 fully saturated rings. The topological polar surface area (TPSA) is 37.3 Å². The van der Waals surface area contributed by atoms with Crippen molar-refractivity contribution in [1.82, 2.24) is 0 Å². The molecule has 0 unspecified atom stereocenters. The summed E-state index contributed by atoms with van der Waals surface area (Å²) in [6, 6.07) is 4.03. The van der Waals surface area contributed by atoms with Gasteiger partial charge in [0.2, 0.25) is 0 Å². The maximum absolute atomic E-state index is 11.6. The number of carboxylic acid groups (broad SMARTS) is 1. The summed E-state index contributed by atoms with van der Waals surface area (Å²) in [5.74, 6) is -0.676. The van der Waals surface area contributed by atoms with Gasteiger partial charge in [0.1, 0.15) is 0 Å². The van der Waals surface area contributed by atoms with Crippen molar-refractivity contribution in [3.05, 3.63) is 33.3 Å². The molecule has 0 bridgehead atoms. The van der Waals surface area contributed by atoms with Crippen LogP contribution >= 0.6 is 15.9 Å². The van der Waals surface area contributed by atoms with Gasteiger partial charge in [0.05, 0.1) is 5.41 Å². The molecule has 0 aromatic heterocycles. The minimum Gasteiger partial charge on any atom is -0.481 e. The number of carboxylic acids is 1. The van der Waals surface area contributed by atoms with E-state index in [4.69, 9.17) is 0 Å². The first-order valence-corrected chi connectivity index (χ1v) is 6.77. The molecule has 1 aromatic rings. The molecule has 92 valence electrons. The zero-order valence-corrected chi connectivity index (χ0v) is 11.8. The molecule has 17 heavy (non-hydrogen) atoms. The summed E-state index contributed by atoms with van der Waals surface area (Å²) in [7, 11) is 0. The van der Waals surface area contributed by atoms with Gasteiger partial charge in [0.25, 0.3) is 0 Å². The van der Waals surface area contributed by atoms with Crippen molar-refractivity contribution in [3.8, 4) is 0 Å². The highest BCUT2D eigenvalue weighted by Crippen LogP contribution is 2.42. The van der Waals surface area contributed by atoms with Crippen LogP contribution in [-0.2, 0) is 10.2 Å². The third kappa shape index (κ3) is 2.01. The minimum atomic E-state index is -0.676. The smallest absolute Gasteiger partial charge is 0.314 e. The van der Waals surface area contributed by atoms with Gasteiger partial charge >= 0.3 is 5.97 Å². The Labute approximate surface area is 110 Å². The first kappa shape index (κ1) is 12.6. The Morgan fingerprint density at radius 3 is 2.35 bits per heavy atom. The van der Waals surface area contributed by atoms with E-state index in [0.717, 1.165) is 41.3 Å². The van der Waals surface area contributed by atoms with E-state index in [9.17, 15) is 9.90 Å². The Balaban J connectivity index is 2.55. The van der Waals surface area contributed by atoms with Crippen molar-refractivity contribution in [3.63, 3.8) is 0 Å². The SMILES string of the molecule is Cc1cc(C2(C(=O)O)CCCC2)cc(Br)c1C. The molecule has 1 saturated carbocycles. The molecular formula is C14H17BrO2. The van der Waals surface area contributed by atoms with Crippen LogP contribution in [0.5, 0.6) is 0 Å². The molecule has 0 amide bonds. The fourth-order valence-electron chi connectivity index (χ4n) is 2.70. The molecule has 0 saturated heterocycles. The van der Waals surface area contributed by atoms with E-state index in [1.165, 1.54) is 5.56 Å². The van der Waals surface area contributed by atoms with E-state index in [1.807, 2.05) is 26.0 Å². The van der Waals surface area contributed by atoms with Crippen LogP contribution in [0.4, 0.5) is 0 Å². The van der Waals surface area contributed by atoms with Crippen molar-refractivity contribution < 1.29 is 9.90 Å². The number of rotatable bonds is 2. The van der Waals surface area contributed by atoms with Crippen molar-refractivity contribution in [1.29, 1.82) is 0 Å². The average Bonchev–Trinajstić information content (AvgIpc) is 2.75. The Kier molecular flexibility index (Phi) is 3.30. The van der Waals surface area contributed by atoms with Crippen LogP contribution < -0.4 is 0 Å². The van der Waals surface area contributed by atoms with E-state index >= 15 is 0 Å². The number of aryl methyl sites for hydroxylation is 1. The third-order valence-corrected chi connectivity index (χ3v) is 4.85. The summed E-state index contributed by atoms with van der Waals surface area (Å²) in [6.07, 6.45) is 3.54. The van der Waals surface area contributed by atoms with Crippen LogP contribution in [-0.4, -0.2) is 11.1 Å². The van der Waals surface area contributed by atoms with Crippen LogP contribution in [0.3, 0.4) is 0 Å². The Bertz CT molecular complexity index is 436. The standard InChI is InChI=1S/C14H17BrO2/c1-9-7-11(8-12(15)10(9)2)14(13(16)17)5-3-4-6-14/h7-8H,3-6H2,1-2H3,(H,16,17). The van der Waals surface area contributed by atoms with Crippen molar-refractivity contribution in [2.24, 2.45) is 0 Å². The van der Waals surface area contributed by atoms with E-state index < -0.39 is 11.4 Å². The van der Waals surface area contributed by atoms with E-state index in [0.29, 0.717) is 0 Å². The van der Waals surface area contributed by atoms with Gasteiger partial charge in [-0.15, -0.1) is 0 Å². The van der Waals surface area contributed by atoms with Crippen molar-refractivity contribution >= 4 is 21.9 Å². The molecule has 1 aliphatic rings. The fraction of sp³-hybridized carbons (Fsp3) is 0.500. The van der Waals surface area contributed by atoms with Crippen LogP contribution in [0.15, 0.2) is 16.6 Å². The maximum Gasteiger partial charge on any atom is 0.314 e. The minimum absolute atomic E-state index is 0.652. The van der Waals surface area contributed by atoms with Crippen molar-refractivity contribution in [2.75, 3.05) is 0 Å². The summed E-state index contributed by atoms with van der Waals surface area (Å²) >= 11 is 3.52. The number of carbonyl (C=O) groups is 1. The lowest BCUT2D eigenvalue weighted by Gasteiger charge is -2.25. The normalized spacial score (nSPS) is 18.3. The first-order valence-electron chi connectivity index (χ1n) is 5.98. The van der Waals surface area contributed by atoms with Crippen LogP contribution in [0, 0.1) is 13.8 Å². The zero-order valence-electron chi connectivity index (χ0n) is 10.2. The summed E-state index contributed by atoms with van der Waals surface area (Å²) < 4.78 is 1.01. The maximum atomic E-state index is 11.6. The lowest BCUT2D eigenvalue weighted by Crippen LogP contribution is -2.32. The van der Waals surface area contributed by atoms with E-state index in [-0.39, 0.29) is 0 Å². The second-order valence-electron chi connectivity index (χ2n) is 4.99. The van der Waals surface area contributed by atoms with E-state index in [2.05, 4.69) is 15.9 Å². The monoisotopic (exact) mass is 296 g/mol. The molecular weight excluding hydrogens is 280 g/mol. The predicted molar refractivity (Wildman–Crippen MR) is 71.4 cm³/mol. The second-order valence-corrected chi connectivity index (χ2v) is 5.85. The fourth-order valence-corrected chi connectivity index (χ4v) is 3.26. The summed E-state index contributed by atoms with van der Waals surface area (Å²) in [4.78, 5) is 11.6. The number of hydrogen-bond acceptors (Lipinski definition) is 1. The Morgan fingerprint density at radius 2 is 1.88 bits per heavy atom. The Morgan fingerprint density at radius 1 is 1.29 bits per heavy atom. The molecule has 2 nitrogen and oxygen atoms in total. The molecule has 0 aliphatic heterocycles. The van der Waals surface area contributed by atoms with Gasteiger partial charge in [-0.1, -0.05) is 34.8 Å². The summed E-state index contributed by atoms with van der Waals surface area (Å²) in [5.41, 5.74) is 2.65. The molecule has 1 aromatic carbocycles. The summed E-state index contributed by atoms with van der Waals surface area (Å²) in [6.45, 7) is 4.08. The molecule has 3 heteroatoms. The largest absolute Gasteiger partial charge is 0.481 e. The molecule has 0 heterocycles. The van der Waals surface area contributed by atoms with Gasteiger partial charge in [0.15, 0.2) is 0 Å². The number of aliphatic carboxylic acids is 1. The zero-order chi connectivity index (χ0) is 12.6. The molecule has 1 aliphatic carbocycles.